The summed E-state index contributed by atoms with van der Waals surface area (Å²) in [6.45, 7) is 40.2. The summed E-state index contributed by atoms with van der Waals surface area (Å²) in [7, 11) is -8.56. The van der Waals surface area contributed by atoms with E-state index in [1.165, 1.54) is 80.1 Å². The van der Waals surface area contributed by atoms with E-state index in [2.05, 4.69) is 92.2 Å². The van der Waals surface area contributed by atoms with Gasteiger partial charge in [0.15, 0.2) is 0 Å². The van der Waals surface area contributed by atoms with Crippen molar-refractivity contribution in [1.29, 1.82) is 0 Å². The second-order valence-corrected chi connectivity index (χ2v) is 64.8. The van der Waals surface area contributed by atoms with Crippen molar-refractivity contribution in [1.82, 2.24) is 0 Å². The second-order valence-electron chi connectivity index (χ2n) is 16.0. The van der Waals surface area contributed by atoms with Gasteiger partial charge in [0.05, 0.1) is 16.1 Å². The average molecular weight is 1070 g/mol. The fraction of sp³-hybridized carbons (Fsp3) is 0.703. The molecule has 0 spiro atoms. The van der Waals surface area contributed by atoms with Crippen LogP contribution in [0.25, 0.3) is 0 Å². The summed E-state index contributed by atoms with van der Waals surface area (Å²) in [6, 6.07) is 15.4. The predicted molar refractivity (Wildman–Crippen MR) is 286 cm³/mol. The molecule has 0 aromatic rings. The molecule has 0 amide bonds. The largest absolute Gasteiger partial charge is 2.00 e. The molecule has 0 radical (unpaired) electrons. The zero-order valence-electron chi connectivity index (χ0n) is 34.1. The Morgan fingerprint density at radius 1 is 0.407 bits per heavy atom. The van der Waals surface area contributed by atoms with Crippen LogP contribution >= 0.6 is 88.6 Å². The first-order valence-corrected chi connectivity index (χ1v) is 46.4. The molecule has 54 heavy (non-hydrogen) atoms. The van der Waals surface area contributed by atoms with Crippen LogP contribution in [-0.4, -0.2) is 74.0 Å². The van der Waals surface area contributed by atoms with Gasteiger partial charge in [-0.25, -0.2) is 19.6 Å². The maximum atomic E-state index is 6.67. The van der Waals surface area contributed by atoms with Gasteiger partial charge in [-0.2, -0.15) is 44.3 Å². The summed E-state index contributed by atoms with van der Waals surface area (Å²) >= 11 is 46.6. The van der Waals surface area contributed by atoms with Crippen LogP contribution in [0.1, 0.15) is 40.5 Å². The molecule has 0 aliphatic carbocycles. The first kappa shape index (κ1) is 74.9. The third-order valence-corrected chi connectivity index (χ3v) is 26.9. The average Bonchev–Trinajstić information content (AvgIpc) is 2.86. The smallest absolute Gasteiger partial charge is 1.00 e. The molecule has 0 rings (SSSR count). The SMILES string of the molecule is C.C.C=CC[Si](CC=C)(CC=C)CC=C.C=C[CH2-].C[Si](C)(Cl)CCC[Si](CCC[Si](C)(C)Cl)(CCC[Si](C)(C)Cl)CCC[Si](C)(C)Cl.Cl[Si](Cl)(Cl)Cl.[Cl-].[Mg+2]. The van der Waals surface area contributed by atoms with Gasteiger partial charge in [-0.15, -0.1) is 70.6 Å². The maximum Gasteiger partial charge on any atom is 2.00 e. The Bertz CT molecular complexity index is 775. The summed E-state index contributed by atoms with van der Waals surface area (Å²) in [5.41, 5.74) is 0. The third kappa shape index (κ3) is 62.1. The molecule has 0 aromatic heterocycles. The van der Waals surface area contributed by atoms with Crippen LogP contribution < -0.4 is 12.4 Å². The second kappa shape index (κ2) is 39.3. The van der Waals surface area contributed by atoms with Crippen molar-refractivity contribution < 1.29 is 12.4 Å². The Kier molecular flexibility index (Phi) is 54.5. The molecule has 0 nitrogen and oxygen atoms in total. The van der Waals surface area contributed by atoms with Crippen molar-refractivity contribution in [2.75, 3.05) is 0 Å². The van der Waals surface area contributed by atoms with Crippen LogP contribution in [-0.2, 0) is 0 Å². The van der Waals surface area contributed by atoms with Crippen LogP contribution in [0, 0.1) is 6.92 Å². The van der Waals surface area contributed by atoms with Crippen molar-refractivity contribution in [3.63, 3.8) is 0 Å². The molecule has 0 N–H and O–H groups in total. The minimum Gasteiger partial charge on any atom is -1.00 e. The molecule has 17 heteroatoms. The van der Waals surface area contributed by atoms with Crippen LogP contribution in [0.5, 0.6) is 0 Å². The molecule has 0 aliphatic heterocycles. The van der Waals surface area contributed by atoms with Gasteiger partial charge in [0.25, 0.3) is 0 Å². The summed E-state index contributed by atoms with van der Waals surface area (Å²) in [4.78, 5) is 0. The van der Waals surface area contributed by atoms with Gasteiger partial charge in [-0.3, -0.25) is 0 Å². The van der Waals surface area contributed by atoms with Crippen LogP contribution in [0.15, 0.2) is 63.3 Å². The van der Waals surface area contributed by atoms with Gasteiger partial charge in [0.2, 0.25) is 0 Å². The van der Waals surface area contributed by atoms with E-state index < -0.39 is 51.0 Å². The van der Waals surface area contributed by atoms with E-state index in [-0.39, 0.29) is 50.3 Å². The van der Waals surface area contributed by atoms with Crippen molar-refractivity contribution in [2.24, 2.45) is 0 Å². The molecule has 0 saturated heterocycles. The molecule has 0 atom stereocenters. The summed E-state index contributed by atoms with van der Waals surface area (Å²) in [5, 5.41) is -2.72. The minimum atomic E-state index is -2.72. The van der Waals surface area contributed by atoms with Crippen molar-refractivity contribution in [3.8, 4) is 0 Å². The van der Waals surface area contributed by atoms with Crippen molar-refractivity contribution >= 4 is 163 Å². The van der Waals surface area contributed by atoms with E-state index in [4.69, 9.17) is 88.6 Å². The molecule has 0 aromatic carbocycles. The topological polar surface area (TPSA) is 0 Å². The van der Waals surface area contributed by atoms with E-state index in [0.29, 0.717) is 0 Å². The van der Waals surface area contributed by atoms with E-state index in [1.54, 1.807) is 0 Å². The Balaban J connectivity index is -0.000000118. The first-order chi connectivity index (χ1) is 22.5. The molecule has 0 heterocycles. The number of hydrogen-bond acceptors (Lipinski definition) is 0. The zero-order chi connectivity index (χ0) is 40.3. The van der Waals surface area contributed by atoms with Gasteiger partial charge in [0, 0.05) is 0 Å². The molecular weight excluding hydrogens is 984 g/mol. The normalized spacial score (nSPS) is 11.6. The monoisotopic (exact) mass is 1060 g/mol. The number of allylic oxidation sites excluding steroid dienone is 5. The van der Waals surface area contributed by atoms with Crippen LogP contribution in [0.2, 0.25) is 125 Å². The van der Waals surface area contributed by atoms with E-state index in [0.717, 1.165) is 24.2 Å². The van der Waals surface area contributed by atoms with Crippen molar-refractivity contribution in [2.45, 2.75) is 165 Å². The van der Waals surface area contributed by atoms with Gasteiger partial charge in [-0.05, 0) is 48.4 Å². The molecule has 0 aliphatic rings. The summed E-state index contributed by atoms with van der Waals surface area (Å²) in [6.07, 6.45) is 15.0. The predicted octanol–water partition coefficient (Wildman–Crippen LogP) is 16.2. The van der Waals surface area contributed by atoms with E-state index in [1.807, 2.05) is 24.3 Å². The zero-order valence-corrected chi connectivity index (χ0v) is 49.3. The standard InChI is InChI=1S/C20H48Cl4Si5.C12H20Si.C3H5.2CH4.Cl4Si.ClH.Mg/c1-25(2,21)13-9-17-29(18-10-14-26(3,4)22,19-11-15-27(5,6)23)20-12-16-28(7,8)24;1-5-9-13(10-6-2,11-7-3)12-8-4;1-3-2;;;1-5(2,3)4;;/h9-20H2,1-8H3;5-8H,1-4,9-12H2;3H,1-2H2;2*1H4;;1H;/q;;-1;;;;;+2/p-1. The van der Waals surface area contributed by atoms with E-state index in [9.17, 15) is 0 Å². The van der Waals surface area contributed by atoms with Crippen LogP contribution in [0.3, 0.4) is 0 Å². The van der Waals surface area contributed by atoms with Crippen molar-refractivity contribution in [3.05, 3.63) is 70.2 Å². The number of hydrogen-bond donors (Lipinski definition) is 0. The molecule has 0 unspecified atom stereocenters. The van der Waals surface area contributed by atoms with Gasteiger partial charge >= 0.3 is 28.4 Å². The van der Waals surface area contributed by atoms with Gasteiger partial charge in [-0.1, -0.05) is 141 Å². The van der Waals surface area contributed by atoms with Gasteiger partial charge in [0.1, 0.15) is 29.5 Å². The maximum absolute atomic E-state index is 6.67. The quantitative estimate of drug-likeness (QED) is 0.0391. The first-order valence-electron chi connectivity index (χ1n) is 17.8. The Morgan fingerprint density at radius 3 is 0.667 bits per heavy atom. The summed E-state index contributed by atoms with van der Waals surface area (Å²) in [5.74, 6) is 0. The Labute approximate surface area is 406 Å². The Morgan fingerprint density at radius 2 is 0.556 bits per heavy atom. The van der Waals surface area contributed by atoms with Gasteiger partial charge < -0.3 is 12.4 Å². The third-order valence-electron chi connectivity index (χ3n) is 8.22. The fourth-order valence-electron chi connectivity index (χ4n) is 6.01. The number of halogens is 9. The number of rotatable bonds is 24. The summed E-state index contributed by atoms with van der Waals surface area (Å²) < 4.78 is 0. The fourth-order valence-corrected chi connectivity index (χ4v) is 21.8. The van der Waals surface area contributed by atoms with Crippen LogP contribution in [0.4, 0.5) is 0 Å². The molecular formula is C37H81Cl9MgSi7. The molecule has 0 bridgehead atoms. The molecule has 0 saturated carbocycles. The van der Waals surface area contributed by atoms with E-state index >= 15 is 0 Å². The molecule has 0 fully saturated rings. The molecule has 322 valence electrons. The minimum absolute atomic E-state index is 0. The Hall–Kier alpha value is 3.46.